The van der Waals surface area contributed by atoms with Gasteiger partial charge >= 0.3 is 0 Å². The number of carbonyl (C=O) groups is 1. The first-order chi connectivity index (χ1) is 12.6. The van der Waals surface area contributed by atoms with Gasteiger partial charge in [-0.1, -0.05) is 29.8 Å². The Morgan fingerprint density at radius 2 is 2.12 bits per heavy atom. The van der Waals surface area contributed by atoms with Crippen molar-refractivity contribution in [2.45, 2.75) is 26.1 Å². The molecule has 0 saturated carbocycles. The molecule has 1 N–H and O–H groups in total. The predicted molar refractivity (Wildman–Crippen MR) is 105 cm³/mol. The molecule has 0 aliphatic carbocycles. The SMILES string of the molecule is CC(NC(=O)CN(Cc1ccco1)Cc1cccs1)c1cccc(Cl)c1. The summed E-state index contributed by atoms with van der Waals surface area (Å²) in [6, 6.07) is 15.3. The molecule has 0 fully saturated rings. The van der Waals surface area contributed by atoms with E-state index in [1.165, 1.54) is 4.88 Å². The van der Waals surface area contributed by atoms with Crippen molar-refractivity contribution >= 4 is 28.8 Å². The fourth-order valence-corrected chi connectivity index (χ4v) is 3.71. The normalized spacial score (nSPS) is 12.3. The number of amides is 1. The number of benzene rings is 1. The standard InChI is InChI=1S/C20H21ClN2O2S/c1-15(16-5-2-6-17(21)11-16)22-20(24)14-23(12-18-7-3-9-25-18)13-19-8-4-10-26-19/h2-11,15H,12-14H2,1H3,(H,22,24). The lowest BCUT2D eigenvalue weighted by atomic mass is 10.1. The van der Waals surface area contributed by atoms with Crippen LogP contribution in [-0.2, 0) is 17.9 Å². The minimum absolute atomic E-state index is 0.0272. The first kappa shape index (κ1) is 18.7. The molecular formula is C20H21ClN2O2S. The van der Waals surface area contributed by atoms with Crippen LogP contribution < -0.4 is 5.32 Å². The molecule has 0 saturated heterocycles. The van der Waals surface area contributed by atoms with E-state index in [-0.39, 0.29) is 11.9 Å². The molecule has 1 aromatic carbocycles. The van der Waals surface area contributed by atoms with Crippen LogP contribution in [0.3, 0.4) is 0 Å². The summed E-state index contributed by atoms with van der Waals surface area (Å²) in [6.07, 6.45) is 1.65. The third-order valence-corrected chi connectivity index (χ3v) is 5.11. The lowest BCUT2D eigenvalue weighted by Gasteiger charge is -2.22. The van der Waals surface area contributed by atoms with Crippen molar-refractivity contribution in [2.24, 2.45) is 0 Å². The number of nitrogens with one attached hydrogen (secondary N) is 1. The molecule has 6 heteroatoms. The van der Waals surface area contributed by atoms with E-state index in [4.69, 9.17) is 16.0 Å². The molecule has 0 bridgehead atoms. The van der Waals surface area contributed by atoms with Crippen LogP contribution in [0.15, 0.2) is 64.6 Å². The summed E-state index contributed by atoms with van der Waals surface area (Å²) >= 11 is 7.72. The molecule has 26 heavy (non-hydrogen) atoms. The Hall–Kier alpha value is -2.08. The van der Waals surface area contributed by atoms with Crippen LogP contribution in [0.4, 0.5) is 0 Å². The molecule has 0 aliphatic heterocycles. The van der Waals surface area contributed by atoms with Gasteiger partial charge in [0.25, 0.3) is 0 Å². The second-order valence-electron chi connectivity index (χ2n) is 6.15. The molecule has 3 aromatic rings. The van der Waals surface area contributed by atoms with Gasteiger partial charge in [-0.15, -0.1) is 11.3 Å². The van der Waals surface area contributed by atoms with Crippen LogP contribution in [0.25, 0.3) is 0 Å². The average Bonchev–Trinajstić information content (AvgIpc) is 3.28. The van der Waals surface area contributed by atoms with Gasteiger partial charge in [-0.3, -0.25) is 9.69 Å². The van der Waals surface area contributed by atoms with Gasteiger partial charge in [-0.05, 0) is 48.2 Å². The van der Waals surface area contributed by atoms with Gasteiger partial charge < -0.3 is 9.73 Å². The molecule has 0 aliphatic rings. The number of rotatable bonds is 8. The smallest absolute Gasteiger partial charge is 0.234 e. The zero-order valence-electron chi connectivity index (χ0n) is 14.5. The maximum atomic E-state index is 12.6. The van der Waals surface area contributed by atoms with E-state index in [1.807, 2.05) is 54.8 Å². The number of nitrogens with zero attached hydrogens (tertiary/aromatic N) is 1. The van der Waals surface area contributed by atoms with Gasteiger partial charge in [0.05, 0.1) is 25.4 Å². The molecule has 2 heterocycles. The van der Waals surface area contributed by atoms with Gasteiger partial charge in [0.15, 0.2) is 0 Å². The maximum Gasteiger partial charge on any atom is 0.234 e. The predicted octanol–water partition coefficient (Wildman–Crippen LogP) is 4.87. The molecule has 1 unspecified atom stereocenters. The van der Waals surface area contributed by atoms with Crippen LogP contribution in [0.5, 0.6) is 0 Å². The third-order valence-electron chi connectivity index (χ3n) is 4.01. The minimum Gasteiger partial charge on any atom is -0.468 e. The van der Waals surface area contributed by atoms with Crippen molar-refractivity contribution in [2.75, 3.05) is 6.54 Å². The number of halogens is 1. The topological polar surface area (TPSA) is 45.5 Å². The maximum absolute atomic E-state index is 12.6. The molecule has 1 amide bonds. The van der Waals surface area contributed by atoms with Gasteiger partial charge in [0, 0.05) is 16.4 Å². The Bertz CT molecular complexity index is 782. The first-order valence-corrected chi connectivity index (χ1v) is 9.68. The van der Waals surface area contributed by atoms with Gasteiger partial charge in [0.1, 0.15) is 5.76 Å². The zero-order valence-corrected chi connectivity index (χ0v) is 16.1. The summed E-state index contributed by atoms with van der Waals surface area (Å²) in [7, 11) is 0. The highest BCUT2D eigenvalue weighted by Crippen LogP contribution is 2.18. The van der Waals surface area contributed by atoms with E-state index in [9.17, 15) is 4.79 Å². The Kier molecular flexibility index (Phi) is 6.50. The van der Waals surface area contributed by atoms with Crippen LogP contribution in [0.1, 0.15) is 29.2 Å². The summed E-state index contributed by atoms with van der Waals surface area (Å²) in [4.78, 5) is 15.9. The molecule has 136 valence electrons. The van der Waals surface area contributed by atoms with Crippen molar-refractivity contribution in [3.8, 4) is 0 Å². The summed E-state index contributed by atoms with van der Waals surface area (Å²) in [6.45, 7) is 3.55. The van der Waals surface area contributed by atoms with E-state index in [0.717, 1.165) is 11.3 Å². The van der Waals surface area contributed by atoms with Gasteiger partial charge in [-0.2, -0.15) is 0 Å². The van der Waals surface area contributed by atoms with Crippen LogP contribution >= 0.6 is 22.9 Å². The number of hydrogen-bond acceptors (Lipinski definition) is 4. The second-order valence-corrected chi connectivity index (χ2v) is 7.62. The number of hydrogen-bond donors (Lipinski definition) is 1. The average molecular weight is 389 g/mol. The highest BCUT2D eigenvalue weighted by molar-refractivity contribution is 7.09. The summed E-state index contributed by atoms with van der Waals surface area (Å²) in [5.74, 6) is 0.817. The Labute approximate surface area is 162 Å². The molecule has 4 nitrogen and oxygen atoms in total. The molecular weight excluding hydrogens is 368 g/mol. The lowest BCUT2D eigenvalue weighted by Crippen LogP contribution is -2.37. The quantitative estimate of drug-likeness (QED) is 0.598. The minimum atomic E-state index is -0.103. The Morgan fingerprint density at radius 1 is 1.23 bits per heavy atom. The zero-order chi connectivity index (χ0) is 18.4. The Balaban J connectivity index is 1.62. The van der Waals surface area contributed by atoms with Crippen LogP contribution in [0, 0.1) is 0 Å². The highest BCUT2D eigenvalue weighted by Gasteiger charge is 2.16. The number of thiophene rings is 1. The molecule has 3 rings (SSSR count). The van der Waals surface area contributed by atoms with Crippen LogP contribution in [0.2, 0.25) is 5.02 Å². The Morgan fingerprint density at radius 3 is 2.81 bits per heavy atom. The molecule has 0 spiro atoms. The van der Waals surface area contributed by atoms with Gasteiger partial charge in [0.2, 0.25) is 5.91 Å². The largest absolute Gasteiger partial charge is 0.468 e. The highest BCUT2D eigenvalue weighted by atomic mass is 35.5. The van der Waals surface area contributed by atoms with E-state index >= 15 is 0 Å². The van der Waals surface area contributed by atoms with Crippen molar-refractivity contribution < 1.29 is 9.21 Å². The molecule has 2 aromatic heterocycles. The second kappa shape index (κ2) is 9.03. The lowest BCUT2D eigenvalue weighted by molar-refractivity contribution is -0.123. The number of carbonyl (C=O) groups excluding carboxylic acids is 1. The van der Waals surface area contributed by atoms with Crippen molar-refractivity contribution in [3.05, 3.63) is 81.4 Å². The van der Waals surface area contributed by atoms with Crippen LogP contribution in [-0.4, -0.2) is 17.4 Å². The van der Waals surface area contributed by atoms with Gasteiger partial charge in [-0.25, -0.2) is 0 Å². The van der Waals surface area contributed by atoms with Crippen molar-refractivity contribution in [1.29, 1.82) is 0 Å². The van der Waals surface area contributed by atoms with E-state index < -0.39 is 0 Å². The van der Waals surface area contributed by atoms with E-state index in [0.29, 0.717) is 24.7 Å². The fourth-order valence-electron chi connectivity index (χ4n) is 2.76. The summed E-state index contributed by atoms with van der Waals surface area (Å²) in [5, 5.41) is 5.76. The van der Waals surface area contributed by atoms with Crippen molar-refractivity contribution in [1.82, 2.24) is 10.2 Å². The molecule has 0 radical (unpaired) electrons. The van der Waals surface area contributed by atoms with E-state index in [2.05, 4.69) is 16.3 Å². The first-order valence-electron chi connectivity index (χ1n) is 8.42. The summed E-state index contributed by atoms with van der Waals surface area (Å²) in [5.41, 5.74) is 0.988. The van der Waals surface area contributed by atoms with E-state index in [1.54, 1.807) is 17.6 Å². The fraction of sp³-hybridized carbons (Fsp3) is 0.250. The number of furan rings is 1. The third kappa shape index (κ3) is 5.46. The van der Waals surface area contributed by atoms with Crippen molar-refractivity contribution in [3.63, 3.8) is 0 Å². The monoisotopic (exact) mass is 388 g/mol. The summed E-state index contributed by atoms with van der Waals surface area (Å²) < 4.78 is 5.44. The molecule has 1 atom stereocenters.